The third-order valence-electron chi connectivity index (χ3n) is 2.01. The maximum absolute atomic E-state index is 8.94. The van der Waals surface area contributed by atoms with Gasteiger partial charge in [-0.1, -0.05) is 6.07 Å². The summed E-state index contributed by atoms with van der Waals surface area (Å²) in [6, 6.07) is 5.49. The molecule has 0 fully saturated rings. The first kappa shape index (κ1) is 9.18. The molecule has 0 bridgehead atoms. The van der Waals surface area contributed by atoms with Gasteiger partial charge in [0.05, 0.1) is 13.2 Å². The van der Waals surface area contributed by atoms with Crippen molar-refractivity contribution in [2.45, 2.75) is 13.2 Å². The van der Waals surface area contributed by atoms with Crippen LogP contribution in [0, 0.1) is 0 Å². The molecule has 4 nitrogen and oxygen atoms in total. The van der Waals surface area contributed by atoms with Gasteiger partial charge in [0.2, 0.25) is 5.89 Å². The molecule has 0 saturated carbocycles. The lowest BCUT2D eigenvalue weighted by Crippen LogP contribution is -2.04. The number of hydrogen-bond acceptors (Lipinski definition) is 4. The van der Waals surface area contributed by atoms with Crippen molar-refractivity contribution in [2.24, 2.45) is 0 Å². The first-order valence-corrected chi connectivity index (χ1v) is 4.47. The summed E-state index contributed by atoms with van der Waals surface area (Å²) in [6.07, 6.45) is 0. The van der Waals surface area contributed by atoms with Crippen molar-refractivity contribution in [2.75, 3.05) is 7.05 Å². The van der Waals surface area contributed by atoms with Crippen LogP contribution >= 0.6 is 0 Å². The van der Waals surface area contributed by atoms with Crippen LogP contribution in [0.4, 0.5) is 0 Å². The van der Waals surface area contributed by atoms with Crippen LogP contribution < -0.4 is 5.32 Å². The molecule has 0 spiro atoms. The molecule has 0 amide bonds. The fraction of sp³-hybridized carbons (Fsp3) is 0.300. The Kier molecular flexibility index (Phi) is 2.47. The molecule has 0 aliphatic heterocycles. The van der Waals surface area contributed by atoms with Gasteiger partial charge in [-0.25, -0.2) is 4.98 Å². The predicted molar refractivity (Wildman–Crippen MR) is 52.7 cm³/mol. The zero-order chi connectivity index (χ0) is 9.97. The number of aliphatic hydroxyl groups excluding tert-OH is 1. The van der Waals surface area contributed by atoms with Crippen LogP contribution in [-0.4, -0.2) is 17.1 Å². The first-order chi connectivity index (χ1) is 6.83. The van der Waals surface area contributed by atoms with E-state index in [-0.39, 0.29) is 6.61 Å². The molecule has 4 heteroatoms. The van der Waals surface area contributed by atoms with Crippen molar-refractivity contribution in [1.29, 1.82) is 0 Å². The van der Waals surface area contributed by atoms with Crippen molar-refractivity contribution in [3.05, 3.63) is 29.7 Å². The van der Waals surface area contributed by atoms with Gasteiger partial charge in [0.1, 0.15) is 5.52 Å². The summed E-state index contributed by atoms with van der Waals surface area (Å²) < 4.78 is 5.45. The maximum Gasteiger partial charge on any atom is 0.209 e. The zero-order valence-corrected chi connectivity index (χ0v) is 7.95. The van der Waals surface area contributed by atoms with Gasteiger partial charge >= 0.3 is 0 Å². The van der Waals surface area contributed by atoms with Crippen molar-refractivity contribution in [1.82, 2.24) is 10.3 Å². The molecule has 1 heterocycles. The minimum absolute atomic E-state index is 0.0319. The average molecular weight is 192 g/mol. The standard InChI is InChI=1S/C10H12N2O2/c1-11-5-10-12-8-4-7(6-13)2-3-9(8)14-10/h2-4,11,13H,5-6H2,1H3. The summed E-state index contributed by atoms with van der Waals surface area (Å²) in [6.45, 7) is 0.646. The lowest BCUT2D eigenvalue weighted by molar-refractivity contribution is 0.282. The SMILES string of the molecule is CNCc1nc2cc(CO)ccc2o1. The number of nitrogens with one attached hydrogen (secondary N) is 1. The van der Waals surface area contributed by atoms with Crippen molar-refractivity contribution in [3.63, 3.8) is 0 Å². The second kappa shape index (κ2) is 3.77. The van der Waals surface area contributed by atoms with E-state index in [9.17, 15) is 0 Å². The Bertz CT molecular complexity index is 437. The molecule has 2 aromatic rings. The molecule has 2 N–H and O–H groups in total. The lowest BCUT2D eigenvalue weighted by atomic mass is 10.2. The quantitative estimate of drug-likeness (QED) is 0.762. The minimum atomic E-state index is 0.0319. The van der Waals surface area contributed by atoms with Gasteiger partial charge in [-0.05, 0) is 24.7 Å². The summed E-state index contributed by atoms with van der Waals surface area (Å²) >= 11 is 0. The van der Waals surface area contributed by atoms with E-state index in [4.69, 9.17) is 9.52 Å². The highest BCUT2D eigenvalue weighted by Crippen LogP contribution is 2.17. The van der Waals surface area contributed by atoms with Crippen LogP contribution in [0.25, 0.3) is 11.1 Å². The molecule has 0 aliphatic rings. The summed E-state index contributed by atoms with van der Waals surface area (Å²) in [4.78, 5) is 4.27. The fourth-order valence-electron chi connectivity index (χ4n) is 1.35. The molecule has 14 heavy (non-hydrogen) atoms. The van der Waals surface area contributed by atoms with Crippen molar-refractivity contribution < 1.29 is 9.52 Å². The second-order valence-electron chi connectivity index (χ2n) is 3.10. The van der Waals surface area contributed by atoms with Gasteiger partial charge < -0.3 is 14.8 Å². The van der Waals surface area contributed by atoms with Gasteiger partial charge in [0.15, 0.2) is 5.58 Å². The van der Waals surface area contributed by atoms with Gasteiger partial charge in [0.25, 0.3) is 0 Å². The lowest BCUT2D eigenvalue weighted by Gasteiger charge is -1.92. The third-order valence-corrected chi connectivity index (χ3v) is 2.01. The summed E-state index contributed by atoms with van der Waals surface area (Å²) in [7, 11) is 1.84. The van der Waals surface area contributed by atoms with Crippen LogP contribution in [0.5, 0.6) is 0 Å². The number of oxazole rings is 1. The molecular formula is C10H12N2O2. The summed E-state index contributed by atoms with van der Waals surface area (Å²) in [5.41, 5.74) is 2.40. The highest BCUT2D eigenvalue weighted by atomic mass is 16.3. The first-order valence-electron chi connectivity index (χ1n) is 4.47. The molecule has 1 aromatic carbocycles. The van der Waals surface area contributed by atoms with E-state index in [2.05, 4.69) is 10.3 Å². The van der Waals surface area contributed by atoms with Crippen LogP contribution in [0.3, 0.4) is 0 Å². The number of fused-ring (bicyclic) bond motifs is 1. The van der Waals surface area contributed by atoms with Crippen LogP contribution in [0.1, 0.15) is 11.5 Å². The zero-order valence-electron chi connectivity index (χ0n) is 7.95. The average Bonchev–Trinajstić information content (AvgIpc) is 2.59. The molecule has 1 aromatic heterocycles. The maximum atomic E-state index is 8.94. The molecule has 0 unspecified atom stereocenters. The highest BCUT2D eigenvalue weighted by Gasteiger charge is 2.04. The molecule has 0 aliphatic carbocycles. The van der Waals surface area contributed by atoms with Crippen LogP contribution in [-0.2, 0) is 13.2 Å². The van der Waals surface area contributed by atoms with E-state index in [0.29, 0.717) is 12.4 Å². The predicted octanol–water partition coefficient (Wildman–Crippen LogP) is 1.04. The van der Waals surface area contributed by atoms with Gasteiger partial charge in [-0.2, -0.15) is 0 Å². The largest absolute Gasteiger partial charge is 0.439 e. The van der Waals surface area contributed by atoms with Gasteiger partial charge in [-0.3, -0.25) is 0 Å². The number of hydrogen-bond donors (Lipinski definition) is 2. The second-order valence-corrected chi connectivity index (χ2v) is 3.10. The third kappa shape index (κ3) is 1.62. The Morgan fingerprint density at radius 1 is 1.50 bits per heavy atom. The number of benzene rings is 1. The highest BCUT2D eigenvalue weighted by molar-refractivity contribution is 5.73. The Labute approximate surface area is 81.6 Å². The van der Waals surface area contributed by atoms with Gasteiger partial charge in [0, 0.05) is 0 Å². The number of rotatable bonds is 3. The van der Waals surface area contributed by atoms with Crippen molar-refractivity contribution in [3.8, 4) is 0 Å². The fourth-order valence-corrected chi connectivity index (χ4v) is 1.35. The Morgan fingerprint density at radius 2 is 2.36 bits per heavy atom. The molecule has 0 radical (unpaired) electrons. The van der Waals surface area contributed by atoms with E-state index in [0.717, 1.165) is 16.7 Å². The number of aromatic nitrogens is 1. The van der Waals surface area contributed by atoms with E-state index in [1.807, 2.05) is 25.2 Å². The molecule has 0 saturated heterocycles. The normalized spacial score (nSPS) is 11.0. The monoisotopic (exact) mass is 192 g/mol. The van der Waals surface area contributed by atoms with Crippen LogP contribution in [0.15, 0.2) is 22.6 Å². The van der Waals surface area contributed by atoms with E-state index < -0.39 is 0 Å². The molecule has 2 rings (SSSR count). The number of aliphatic hydroxyl groups is 1. The van der Waals surface area contributed by atoms with Gasteiger partial charge in [-0.15, -0.1) is 0 Å². The number of nitrogens with zero attached hydrogens (tertiary/aromatic N) is 1. The smallest absolute Gasteiger partial charge is 0.209 e. The minimum Gasteiger partial charge on any atom is -0.439 e. The molecular weight excluding hydrogens is 180 g/mol. The Hall–Kier alpha value is -1.39. The van der Waals surface area contributed by atoms with Crippen molar-refractivity contribution >= 4 is 11.1 Å². The topological polar surface area (TPSA) is 58.3 Å². The van der Waals surface area contributed by atoms with Crippen LogP contribution in [0.2, 0.25) is 0 Å². The van der Waals surface area contributed by atoms with E-state index in [1.54, 1.807) is 0 Å². The molecule has 74 valence electrons. The summed E-state index contributed by atoms with van der Waals surface area (Å²) in [5, 5.41) is 11.9. The van der Waals surface area contributed by atoms with E-state index in [1.165, 1.54) is 0 Å². The summed E-state index contributed by atoms with van der Waals surface area (Å²) in [5.74, 6) is 0.664. The Morgan fingerprint density at radius 3 is 3.07 bits per heavy atom. The van der Waals surface area contributed by atoms with E-state index >= 15 is 0 Å². The Balaban J connectivity index is 2.43. The molecule has 0 atom stereocenters.